The molecule has 1 heterocycles. The molecule has 0 atom stereocenters. The monoisotopic (exact) mass is 288 g/mol. The summed E-state index contributed by atoms with van der Waals surface area (Å²) in [5.74, 6) is 0.958. The molecule has 0 aliphatic carbocycles. The van der Waals surface area contributed by atoms with Crippen LogP contribution in [-0.4, -0.2) is 9.97 Å². The Morgan fingerprint density at radius 2 is 2.00 bits per heavy atom. The summed E-state index contributed by atoms with van der Waals surface area (Å²) in [5, 5.41) is 0. The normalized spacial score (nSPS) is 11.8. The minimum atomic E-state index is 0.0107. The Morgan fingerprint density at radius 3 is 2.47 bits per heavy atom. The number of H-pyrrole nitrogens is 1. The highest BCUT2D eigenvalue weighted by Gasteiger charge is 2.18. The molecule has 0 fully saturated rings. The molecule has 84 valence electrons. The Hall–Kier alpha value is -0.220. The summed E-state index contributed by atoms with van der Waals surface area (Å²) < 4.78 is 1.59. The van der Waals surface area contributed by atoms with Crippen molar-refractivity contribution in [2.24, 2.45) is 0 Å². The van der Waals surface area contributed by atoms with Gasteiger partial charge in [-0.25, -0.2) is 4.98 Å². The van der Waals surface area contributed by atoms with Gasteiger partial charge in [0.1, 0.15) is 10.5 Å². The Morgan fingerprint density at radius 1 is 1.40 bits per heavy atom. The third-order valence-electron chi connectivity index (χ3n) is 2.15. The molecule has 1 aromatic rings. The Bertz CT molecular complexity index is 404. The van der Waals surface area contributed by atoms with Gasteiger partial charge >= 0.3 is 0 Å². The highest BCUT2D eigenvalue weighted by molar-refractivity contribution is 9.10. The fraction of sp³-hybridized carbons (Fsp3) is 0.636. The molecule has 1 rings (SSSR count). The van der Waals surface area contributed by atoms with Crippen LogP contribution in [0.2, 0.25) is 0 Å². The first-order chi connectivity index (χ1) is 6.86. The second-order valence-electron chi connectivity index (χ2n) is 4.68. The standard InChI is InChI=1S/C11H17BrN2S/c1-5-6-7-8(12)9(15)14-10(13-7)11(2,3)4/h5-6H2,1-4H3,(H,13,14,15). The summed E-state index contributed by atoms with van der Waals surface area (Å²) in [6, 6.07) is 0. The number of rotatable bonds is 2. The van der Waals surface area contributed by atoms with Crippen molar-refractivity contribution in [3.63, 3.8) is 0 Å². The van der Waals surface area contributed by atoms with Crippen LogP contribution in [0, 0.1) is 4.64 Å². The van der Waals surface area contributed by atoms with Gasteiger partial charge in [0, 0.05) is 11.1 Å². The predicted molar refractivity (Wildman–Crippen MR) is 69.8 cm³/mol. The molecular weight excluding hydrogens is 272 g/mol. The number of halogens is 1. The number of aromatic amines is 1. The van der Waals surface area contributed by atoms with E-state index in [4.69, 9.17) is 12.2 Å². The van der Waals surface area contributed by atoms with E-state index >= 15 is 0 Å². The van der Waals surface area contributed by atoms with Crippen LogP contribution in [0.3, 0.4) is 0 Å². The van der Waals surface area contributed by atoms with Gasteiger partial charge in [0.15, 0.2) is 0 Å². The van der Waals surface area contributed by atoms with E-state index in [2.05, 4.69) is 53.6 Å². The van der Waals surface area contributed by atoms with Gasteiger partial charge in [-0.15, -0.1) is 0 Å². The Kier molecular flexibility index (Phi) is 4.06. The number of aryl methyl sites for hydroxylation is 1. The van der Waals surface area contributed by atoms with Gasteiger partial charge in [-0.2, -0.15) is 0 Å². The van der Waals surface area contributed by atoms with E-state index in [1.54, 1.807) is 0 Å². The van der Waals surface area contributed by atoms with Gasteiger partial charge < -0.3 is 4.98 Å². The summed E-state index contributed by atoms with van der Waals surface area (Å²) >= 11 is 8.72. The van der Waals surface area contributed by atoms with Crippen LogP contribution in [0.5, 0.6) is 0 Å². The molecule has 0 bridgehead atoms. The molecule has 4 heteroatoms. The molecule has 0 aliphatic heterocycles. The van der Waals surface area contributed by atoms with E-state index in [0.717, 1.165) is 28.8 Å². The van der Waals surface area contributed by atoms with Gasteiger partial charge in [-0.1, -0.05) is 46.3 Å². The average molecular weight is 289 g/mol. The van der Waals surface area contributed by atoms with Gasteiger partial charge in [-0.05, 0) is 22.4 Å². The molecule has 0 aromatic carbocycles. The zero-order chi connectivity index (χ0) is 11.6. The smallest absolute Gasteiger partial charge is 0.144 e. The van der Waals surface area contributed by atoms with E-state index < -0.39 is 0 Å². The molecule has 1 N–H and O–H groups in total. The number of hydrogen-bond acceptors (Lipinski definition) is 2. The minimum absolute atomic E-state index is 0.0107. The largest absolute Gasteiger partial charge is 0.346 e. The zero-order valence-corrected chi connectivity index (χ0v) is 12.1. The molecular formula is C11H17BrN2S. The van der Waals surface area contributed by atoms with Crippen molar-refractivity contribution in [1.29, 1.82) is 0 Å². The van der Waals surface area contributed by atoms with Gasteiger partial charge in [0.25, 0.3) is 0 Å². The maximum Gasteiger partial charge on any atom is 0.144 e. The van der Waals surface area contributed by atoms with E-state index in [0.29, 0.717) is 4.64 Å². The second kappa shape index (κ2) is 4.74. The molecule has 0 amide bonds. The van der Waals surface area contributed by atoms with Gasteiger partial charge in [-0.3, -0.25) is 0 Å². The van der Waals surface area contributed by atoms with E-state index in [1.165, 1.54) is 0 Å². The highest BCUT2D eigenvalue weighted by atomic mass is 79.9. The molecule has 15 heavy (non-hydrogen) atoms. The quantitative estimate of drug-likeness (QED) is 0.828. The SMILES string of the molecule is CCCc1[nH]c(C(C)(C)C)nc(=S)c1Br. The Balaban J connectivity index is 3.30. The van der Waals surface area contributed by atoms with Crippen molar-refractivity contribution in [2.75, 3.05) is 0 Å². The van der Waals surface area contributed by atoms with E-state index in [-0.39, 0.29) is 5.41 Å². The second-order valence-corrected chi connectivity index (χ2v) is 5.86. The van der Waals surface area contributed by atoms with Gasteiger partial charge in [0.05, 0.1) is 4.47 Å². The minimum Gasteiger partial charge on any atom is -0.346 e. The topological polar surface area (TPSA) is 28.7 Å². The molecule has 0 radical (unpaired) electrons. The maximum atomic E-state index is 5.23. The lowest BCUT2D eigenvalue weighted by atomic mass is 9.95. The lowest BCUT2D eigenvalue weighted by Crippen LogP contribution is -2.17. The lowest BCUT2D eigenvalue weighted by Gasteiger charge is -2.19. The van der Waals surface area contributed by atoms with Gasteiger partial charge in [0.2, 0.25) is 0 Å². The van der Waals surface area contributed by atoms with Crippen LogP contribution in [0.1, 0.15) is 45.6 Å². The van der Waals surface area contributed by atoms with Crippen molar-refractivity contribution in [3.05, 3.63) is 20.6 Å². The van der Waals surface area contributed by atoms with Crippen LogP contribution in [-0.2, 0) is 11.8 Å². The van der Waals surface area contributed by atoms with Crippen LogP contribution >= 0.6 is 28.1 Å². The van der Waals surface area contributed by atoms with Crippen molar-refractivity contribution >= 4 is 28.1 Å². The summed E-state index contributed by atoms with van der Waals surface area (Å²) in [6.45, 7) is 8.54. The maximum absolute atomic E-state index is 5.23. The third-order valence-corrected chi connectivity index (χ3v) is 3.56. The molecule has 0 spiro atoms. The number of nitrogens with one attached hydrogen (secondary N) is 1. The lowest BCUT2D eigenvalue weighted by molar-refractivity contribution is 0.538. The van der Waals surface area contributed by atoms with Crippen molar-refractivity contribution < 1.29 is 0 Å². The first-order valence-corrected chi connectivity index (χ1v) is 6.35. The fourth-order valence-corrected chi connectivity index (χ4v) is 1.88. The molecule has 0 unspecified atom stereocenters. The van der Waals surface area contributed by atoms with Crippen LogP contribution in [0.15, 0.2) is 4.47 Å². The third kappa shape index (κ3) is 3.11. The molecule has 0 aliphatic rings. The van der Waals surface area contributed by atoms with Crippen molar-refractivity contribution in [1.82, 2.24) is 9.97 Å². The van der Waals surface area contributed by atoms with Crippen LogP contribution in [0.4, 0.5) is 0 Å². The van der Waals surface area contributed by atoms with Crippen LogP contribution in [0.25, 0.3) is 0 Å². The van der Waals surface area contributed by atoms with E-state index in [1.807, 2.05) is 0 Å². The fourth-order valence-electron chi connectivity index (χ4n) is 1.28. The number of nitrogens with zero attached hydrogens (tertiary/aromatic N) is 1. The van der Waals surface area contributed by atoms with Crippen molar-refractivity contribution in [2.45, 2.75) is 46.0 Å². The zero-order valence-electron chi connectivity index (χ0n) is 9.65. The van der Waals surface area contributed by atoms with Crippen molar-refractivity contribution in [3.8, 4) is 0 Å². The number of aromatic nitrogens is 2. The van der Waals surface area contributed by atoms with E-state index in [9.17, 15) is 0 Å². The summed E-state index contributed by atoms with van der Waals surface area (Å²) in [7, 11) is 0. The molecule has 0 saturated heterocycles. The first kappa shape index (κ1) is 12.8. The predicted octanol–water partition coefficient (Wildman–Crippen LogP) is 4.15. The summed E-state index contributed by atoms with van der Waals surface area (Å²) in [6.07, 6.45) is 2.09. The Labute approximate surface area is 105 Å². The molecule has 0 saturated carbocycles. The highest BCUT2D eigenvalue weighted by Crippen LogP contribution is 2.23. The van der Waals surface area contributed by atoms with Crippen LogP contribution < -0.4 is 0 Å². The summed E-state index contributed by atoms with van der Waals surface area (Å²) in [4.78, 5) is 7.77. The summed E-state index contributed by atoms with van der Waals surface area (Å²) in [5.41, 5.74) is 1.17. The average Bonchev–Trinajstić information content (AvgIpc) is 2.11. The molecule has 1 aromatic heterocycles. The molecule has 2 nitrogen and oxygen atoms in total. The number of hydrogen-bond donors (Lipinski definition) is 1. The first-order valence-electron chi connectivity index (χ1n) is 5.15.